The number of rotatable bonds is 5. The number of methoxy groups -OCH3 is 1. The Morgan fingerprint density at radius 2 is 1.83 bits per heavy atom. The molecule has 0 aromatic carbocycles. The van der Waals surface area contributed by atoms with Crippen molar-refractivity contribution in [2.24, 2.45) is 0 Å². The summed E-state index contributed by atoms with van der Waals surface area (Å²) in [5.74, 6) is 0.585. The molecule has 0 saturated carbocycles. The van der Waals surface area contributed by atoms with E-state index in [1.807, 2.05) is 0 Å². The smallest absolute Gasteiger partial charge is 0.282 e. The van der Waals surface area contributed by atoms with Crippen molar-refractivity contribution in [1.29, 1.82) is 0 Å². The molecule has 1 unspecified atom stereocenters. The van der Waals surface area contributed by atoms with Gasteiger partial charge in [-0.25, -0.2) is 9.97 Å². The molecule has 1 aromatic rings. The summed E-state index contributed by atoms with van der Waals surface area (Å²) >= 11 is 0. The SMILES string of the molecule is COc1nccnc1OC1CCCN(S(=O)(=O)N2CCOCC2)C1. The number of hydrogen-bond acceptors (Lipinski definition) is 7. The Balaban J connectivity index is 1.67. The number of ether oxygens (including phenoxy) is 3. The average molecular weight is 358 g/mol. The van der Waals surface area contributed by atoms with Crippen molar-refractivity contribution in [1.82, 2.24) is 18.6 Å². The van der Waals surface area contributed by atoms with Crippen molar-refractivity contribution in [3.05, 3.63) is 12.4 Å². The summed E-state index contributed by atoms with van der Waals surface area (Å²) in [5.41, 5.74) is 0. The Bertz CT molecular complexity index is 650. The molecule has 2 aliphatic heterocycles. The largest absolute Gasteiger partial charge is 0.477 e. The molecule has 0 bridgehead atoms. The van der Waals surface area contributed by atoms with Crippen LogP contribution in [0.2, 0.25) is 0 Å². The highest BCUT2D eigenvalue weighted by atomic mass is 32.2. The predicted molar refractivity (Wildman–Crippen MR) is 85.1 cm³/mol. The van der Waals surface area contributed by atoms with Crippen LogP contribution in [-0.4, -0.2) is 79.6 Å². The second kappa shape index (κ2) is 7.60. The first-order valence-corrected chi connectivity index (χ1v) is 9.35. The first-order chi connectivity index (χ1) is 11.6. The van der Waals surface area contributed by atoms with Gasteiger partial charge in [0.05, 0.1) is 26.9 Å². The molecule has 3 heterocycles. The summed E-state index contributed by atoms with van der Waals surface area (Å²) in [6.45, 7) is 2.44. The zero-order valence-corrected chi connectivity index (χ0v) is 14.4. The molecular formula is C14H22N4O5S. The van der Waals surface area contributed by atoms with Crippen LogP contribution in [0.25, 0.3) is 0 Å². The normalized spacial score (nSPS) is 23.8. The molecule has 134 valence electrons. The van der Waals surface area contributed by atoms with E-state index in [2.05, 4.69) is 9.97 Å². The summed E-state index contributed by atoms with van der Waals surface area (Å²) in [4.78, 5) is 8.16. The van der Waals surface area contributed by atoms with Gasteiger partial charge in [0, 0.05) is 32.0 Å². The Morgan fingerprint density at radius 1 is 1.12 bits per heavy atom. The van der Waals surface area contributed by atoms with Crippen molar-refractivity contribution in [2.45, 2.75) is 18.9 Å². The van der Waals surface area contributed by atoms with Gasteiger partial charge in [-0.15, -0.1) is 0 Å². The fourth-order valence-electron chi connectivity index (χ4n) is 2.84. The lowest BCUT2D eigenvalue weighted by atomic mass is 10.1. The maximum absolute atomic E-state index is 12.7. The van der Waals surface area contributed by atoms with Gasteiger partial charge >= 0.3 is 0 Å². The minimum absolute atomic E-state index is 0.278. The molecule has 0 aliphatic carbocycles. The van der Waals surface area contributed by atoms with Gasteiger partial charge in [-0.05, 0) is 12.8 Å². The highest BCUT2D eigenvalue weighted by molar-refractivity contribution is 7.86. The maximum Gasteiger partial charge on any atom is 0.282 e. The van der Waals surface area contributed by atoms with E-state index in [1.165, 1.54) is 28.1 Å². The van der Waals surface area contributed by atoms with Gasteiger partial charge in [0.1, 0.15) is 6.10 Å². The third-order valence-electron chi connectivity index (χ3n) is 4.07. The molecule has 9 nitrogen and oxygen atoms in total. The second-order valence-corrected chi connectivity index (χ2v) is 7.56. The zero-order chi connectivity index (χ0) is 17.0. The molecule has 2 aliphatic rings. The van der Waals surface area contributed by atoms with E-state index in [1.54, 1.807) is 0 Å². The van der Waals surface area contributed by atoms with E-state index in [0.717, 1.165) is 12.8 Å². The molecule has 3 rings (SSSR count). The molecule has 0 spiro atoms. The molecule has 0 N–H and O–H groups in total. The van der Waals surface area contributed by atoms with Crippen LogP contribution < -0.4 is 9.47 Å². The lowest BCUT2D eigenvalue weighted by Crippen LogP contribution is -2.53. The highest BCUT2D eigenvalue weighted by Crippen LogP contribution is 2.25. The second-order valence-electron chi connectivity index (χ2n) is 5.63. The van der Waals surface area contributed by atoms with Gasteiger partial charge in [0.25, 0.3) is 22.0 Å². The maximum atomic E-state index is 12.7. The van der Waals surface area contributed by atoms with E-state index < -0.39 is 10.2 Å². The highest BCUT2D eigenvalue weighted by Gasteiger charge is 2.35. The standard InChI is InChI=1S/C14H22N4O5S/c1-21-13-14(16-5-4-15-13)23-12-3-2-6-18(11-12)24(19,20)17-7-9-22-10-8-17/h4-5,12H,2-3,6-11H2,1H3. The quantitative estimate of drug-likeness (QED) is 0.726. The molecule has 0 amide bonds. The van der Waals surface area contributed by atoms with Crippen LogP contribution in [-0.2, 0) is 14.9 Å². The number of hydrogen-bond donors (Lipinski definition) is 0. The van der Waals surface area contributed by atoms with Crippen molar-refractivity contribution >= 4 is 10.2 Å². The monoisotopic (exact) mass is 358 g/mol. The molecule has 2 saturated heterocycles. The van der Waals surface area contributed by atoms with Gasteiger partial charge in [-0.2, -0.15) is 17.0 Å². The number of aromatic nitrogens is 2. The van der Waals surface area contributed by atoms with Gasteiger partial charge in [0.15, 0.2) is 0 Å². The topological polar surface area (TPSA) is 94.1 Å². The van der Waals surface area contributed by atoms with E-state index in [0.29, 0.717) is 45.3 Å². The molecule has 1 atom stereocenters. The lowest BCUT2D eigenvalue weighted by Gasteiger charge is -2.36. The van der Waals surface area contributed by atoms with Crippen LogP contribution >= 0.6 is 0 Å². The summed E-state index contributed by atoms with van der Waals surface area (Å²) < 4.78 is 44.7. The van der Waals surface area contributed by atoms with E-state index in [4.69, 9.17) is 14.2 Å². The predicted octanol–water partition coefficient (Wildman–Crippen LogP) is -0.0946. The number of piperidine rings is 1. The minimum atomic E-state index is -3.49. The first kappa shape index (κ1) is 17.3. The Hall–Kier alpha value is -1.49. The van der Waals surface area contributed by atoms with Crippen LogP contribution in [0.1, 0.15) is 12.8 Å². The lowest BCUT2D eigenvalue weighted by molar-refractivity contribution is 0.0661. The first-order valence-electron chi connectivity index (χ1n) is 7.96. The van der Waals surface area contributed by atoms with Crippen molar-refractivity contribution < 1.29 is 22.6 Å². The Morgan fingerprint density at radius 3 is 2.54 bits per heavy atom. The molecule has 24 heavy (non-hydrogen) atoms. The van der Waals surface area contributed by atoms with Gasteiger partial charge in [0.2, 0.25) is 0 Å². The van der Waals surface area contributed by atoms with Crippen LogP contribution in [0.4, 0.5) is 0 Å². The number of morpholine rings is 1. The molecular weight excluding hydrogens is 336 g/mol. The summed E-state index contributed by atoms with van der Waals surface area (Å²) in [5, 5.41) is 0. The third kappa shape index (κ3) is 3.77. The van der Waals surface area contributed by atoms with Crippen LogP contribution in [0.3, 0.4) is 0 Å². The Labute approximate surface area is 141 Å². The minimum Gasteiger partial charge on any atom is -0.477 e. The summed E-state index contributed by atoms with van der Waals surface area (Å²) in [7, 11) is -1.99. The van der Waals surface area contributed by atoms with Crippen LogP contribution in [0.5, 0.6) is 11.8 Å². The molecule has 1 aromatic heterocycles. The molecule has 10 heteroatoms. The van der Waals surface area contributed by atoms with E-state index >= 15 is 0 Å². The van der Waals surface area contributed by atoms with Gasteiger partial charge in [-0.3, -0.25) is 0 Å². The van der Waals surface area contributed by atoms with Gasteiger partial charge < -0.3 is 14.2 Å². The van der Waals surface area contributed by atoms with Crippen molar-refractivity contribution in [2.75, 3.05) is 46.5 Å². The van der Waals surface area contributed by atoms with Crippen LogP contribution in [0.15, 0.2) is 12.4 Å². The van der Waals surface area contributed by atoms with E-state index in [9.17, 15) is 8.42 Å². The Kier molecular flexibility index (Phi) is 5.49. The van der Waals surface area contributed by atoms with Crippen molar-refractivity contribution in [3.63, 3.8) is 0 Å². The third-order valence-corrected chi connectivity index (χ3v) is 6.07. The van der Waals surface area contributed by atoms with Gasteiger partial charge in [-0.1, -0.05) is 0 Å². The average Bonchev–Trinajstić information content (AvgIpc) is 2.63. The molecule has 2 fully saturated rings. The summed E-state index contributed by atoms with van der Waals surface area (Å²) in [6.07, 6.45) is 4.25. The molecule has 0 radical (unpaired) electrons. The van der Waals surface area contributed by atoms with Crippen molar-refractivity contribution in [3.8, 4) is 11.8 Å². The van der Waals surface area contributed by atoms with Crippen LogP contribution in [0, 0.1) is 0 Å². The number of nitrogens with zero attached hydrogens (tertiary/aromatic N) is 4. The zero-order valence-electron chi connectivity index (χ0n) is 13.6. The fraction of sp³-hybridized carbons (Fsp3) is 0.714. The van der Waals surface area contributed by atoms with E-state index in [-0.39, 0.29) is 12.0 Å². The summed E-state index contributed by atoms with van der Waals surface area (Å²) in [6, 6.07) is 0. The fourth-order valence-corrected chi connectivity index (χ4v) is 4.49.